The van der Waals surface area contributed by atoms with E-state index >= 15 is 0 Å². The molecule has 1 N–H and O–H groups in total. The Morgan fingerprint density at radius 2 is 1.87 bits per heavy atom. The highest BCUT2D eigenvalue weighted by Crippen LogP contribution is 2.32. The molecule has 7 nitrogen and oxygen atoms in total. The lowest BCUT2D eigenvalue weighted by atomic mass is 10.1. The highest BCUT2D eigenvalue weighted by molar-refractivity contribution is 6.09. The van der Waals surface area contributed by atoms with Gasteiger partial charge in [0.1, 0.15) is 23.2 Å². The van der Waals surface area contributed by atoms with Crippen LogP contribution in [-0.2, 0) is 11.0 Å². The number of nitrogens with zero attached hydrogens (tertiary/aromatic N) is 2. The summed E-state index contributed by atoms with van der Waals surface area (Å²) in [6.07, 6.45) is -3.50. The molecule has 0 radical (unpaired) electrons. The molecule has 0 unspecified atom stereocenters. The van der Waals surface area contributed by atoms with E-state index in [-0.39, 0.29) is 28.5 Å². The Morgan fingerprint density at radius 3 is 2.55 bits per heavy atom. The van der Waals surface area contributed by atoms with Crippen LogP contribution in [0.4, 0.5) is 24.5 Å². The van der Waals surface area contributed by atoms with Crippen LogP contribution in [0.15, 0.2) is 70.7 Å². The van der Waals surface area contributed by atoms with Crippen molar-refractivity contribution in [1.82, 2.24) is 0 Å². The number of hydrogen-bond acceptors (Lipinski definition) is 5. The SMILES string of the molecule is N#C/C(=C/c1ccc(-c2ccccc2[N+](=O)[O-])o1)C(=O)Nc1cccc(C(F)(F)F)c1. The Labute approximate surface area is 173 Å². The Hall–Kier alpha value is -4.39. The molecule has 0 saturated heterocycles. The molecule has 2 aromatic carbocycles. The van der Waals surface area contributed by atoms with Gasteiger partial charge in [-0.2, -0.15) is 18.4 Å². The van der Waals surface area contributed by atoms with Gasteiger partial charge in [0.2, 0.25) is 0 Å². The summed E-state index contributed by atoms with van der Waals surface area (Å²) in [5.41, 5.74) is -1.50. The summed E-state index contributed by atoms with van der Waals surface area (Å²) in [6, 6.07) is 14.3. The first-order chi connectivity index (χ1) is 14.7. The summed E-state index contributed by atoms with van der Waals surface area (Å²) in [7, 11) is 0. The van der Waals surface area contributed by atoms with Crippen molar-refractivity contribution in [2.24, 2.45) is 0 Å². The smallest absolute Gasteiger partial charge is 0.416 e. The van der Waals surface area contributed by atoms with E-state index in [9.17, 15) is 33.3 Å². The van der Waals surface area contributed by atoms with Gasteiger partial charge in [0.15, 0.2) is 0 Å². The lowest BCUT2D eigenvalue weighted by molar-refractivity contribution is -0.384. The molecule has 31 heavy (non-hydrogen) atoms. The number of nitro groups is 1. The molecule has 0 saturated carbocycles. The molecule has 156 valence electrons. The van der Waals surface area contributed by atoms with Crippen molar-refractivity contribution in [2.75, 3.05) is 5.32 Å². The third-order valence-electron chi connectivity index (χ3n) is 4.09. The summed E-state index contributed by atoms with van der Waals surface area (Å²) in [5, 5.41) is 22.7. The number of rotatable bonds is 5. The van der Waals surface area contributed by atoms with Crippen LogP contribution in [0.1, 0.15) is 11.3 Å². The van der Waals surface area contributed by atoms with Crippen LogP contribution in [0.2, 0.25) is 0 Å². The van der Waals surface area contributed by atoms with Crippen LogP contribution in [0.5, 0.6) is 0 Å². The number of nitriles is 1. The fourth-order valence-corrected chi connectivity index (χ4v) is 2.68. The summed E-state index contributed by atoms with van der Waals surface area (Å²) < 4.78 is 43.9. The maximum Gasteiger partial charge on any atom is 0.416 e. The molecule has 0 aliphatic heterocycles. The summed E-state index contributed by atoms with van der Waals surface area (Å²) >= 11 is 0. The van der Waals surface area contributed by atoms with Gasteiger partial charge in [0.05, 0.1) is 16.1 Å². The van der Waals surface area contributed by atoms with Gasteiger partial charge >= 0.3 is 6.18 Å². The molecule has 1 aromatic heterocycles. The fourth-order valence-electron chi connectivity index (χ4n) is 2.68. The quantitative estimate of drug-likeness (QED) is 0.253. The number of carbonyl (C=O) groups excluding carboxylic acids is 1. The van der Waals surface area contributed by atoms with Gasteiger partial charge in [-0.1, -0.05) is 18.2 Å². The number of benzene rings is 2. The predicted molar refractivity (Wildman–Crippen MR) is 104 cm³/mol. The maximum absolute atomic E-state index is 12.8. The molecule has 3 aromatic rings. The number of alkyl halides is 3. The third-order valence-corrected chi connectivity index (χ3v) is 4.09. The minimum absolute atomic E-state index is 0.0592. The van der Waals surface area contributed by atoms with Gasteiger partial charge in [-0.3, -0.25) is 14.9 Å². The first kappa shape index (κ1) is 21.3. The molecule has 0 atom stereocenters. The van der Waals surface area contributed by atoms with Gasteiger partial charge in [0.25, 0.3) is 11.6 Å². The molecular formula is C21H12F3N3O4. The molecule has 0 bridgehead atoms. The van der Waals surface area contributed by atoms with E-state index < -0.39 is 28.1 Å². The maximum atomic E-state index is 12.8. The second-order valence-electron chi connectivity index (χ2n) is 6.18. The second-order valence-corrected chi connectivity index (χ2v) is 6.18. The average Bonchev–Trinajstić information content (AvgIpc) is 3.20. The van der Waals surface area contributed by atoms with Crippen LogP contribution >= 0.6 is 0 Å². The van der Waals surface area contributed by atoms with Crippen molar-refractivity contribution < 1.29 is 27.3 Å². The molecular weight excluding hydrogens is 415 g/mol. The zero-order chi connectivity index (χ0) is 22.6. The number of nitro benzene ring substituents is 1. The minimum atomic E-state index is -4.58. The molecule has 1 amide bonds. The van der Waals surface area contributed by atoms with E-state index in [2.05, 4.69) is 5.32 Å². The number of hydrogen-bond donors (Lipinski definition) is 1. The molecule has 1 heterocycles. The number of furan rings is 1. The predicted octanol–water partition coefficient (Wildman–Crippen LogP) is 5.42. The Balaban J connectivity index is 1.84. The van der Waals surface area contributed by atoms with E-state index in [1.54, 1.807) is 12.1 Å². The van der Waals surface area contributed by atoms with Crippen molar-refractivity contribution in [3.8, 4) is 17.4 Å². The Kier molecular flexibility index (Phi) is 5.88. The van der Waals surface area contributed by atoms with Crippen molar-refractivity contribution in [3.63, 3.8) is 0 Å². The van der Waals surface area contributed by atoms with E-state index in [1.807, 2.05) is 0 Å². The zero-order valence-electron chi connectivity index (χ0n) is 15.5. The van der Waals surface area contributed by atoms with Crippen LogP contribution in [-0.4, -0.2) is 10.8 Å². The normalized spacial score (nSPS) is 11.6. The van der Waals surface area contributed by atoms with Gasteiger partial charge in [-0.25, -0.2) is 0 Å². The molecule has 10 heteroatoms. The van der Waals surface area contributed by atoms with E-state index in [1.165, 1.54) is 36.4 Å². The highest BCUT2D eigenvalue weighted by Gasteiger charge is 2.30. The number of nitrogens with one attached hydrogen (secondary N) is 1. The Morgan fingerprint density at radius 1 is 1.13 bits per heavy atom. The third kappa shape index (κ3) is 4.97. The van der Waals surface area contributed by atoms with Crippen molar-refractivity contribution in [2.45, 2.75) is 6.18 Å². The van der Waals surface area contributed by atoms with Crippen LogP contribution in [0.3, 0.4) is 0 Å². The zero-order valence-corrected chi connectivity index (χ0v) is 15.5. The summed E-state index contributed by atoms with van der Waals surface area (Å²) in [5.74, 6) is -0.733. The highest BCUT2D eigenvalue weighted by atomic mass is 19.4. The van der Waals surface area contributed by atoms with E-state index in [0.29, 0.717) is 0 Å². The number of carbonyl (C=O) groups is 1. The molecule has 0 aliphatic rings. The molecule has 0 spiro atoms. The average molecular weight is 427 g/mol. The van der Waals surface area contributed by atoms with Gasteiger partial charge in [-0.05, 0) is 36.4 Å². The topological polar surface area (TPSA) is 109 Å². The largest absolute Gasteiger partial charge is 0.456 e. The number of anilines is 1. The van der Waals surface area contributed by atoms with Crippen molar-refractivity contribution >= 4 is 23.4 Å². The van der Waals surface area contributed by atoms with Crippen LogP contribution in [0.25, 0.3) is 17.4 Å². The van der Waals surface area contributed by atoms with Gasteiger partial charge < -0.3 is 9.73 Å². The van der Waals surface area contributed by atoms with Crippen LogP contribution in [0, 0.1) is 21.4 Å². The van der Waals surface area contributed by atoms with E-state index in [4.69, 9.17) is 4.42 Å². The fraction of sp³-hybridized carbons (Fsp3) is 0.0476. The van der Waals surface area contributed by atoms with Gasteiger partial charge in [-0.15, -0.1) is 0 Å². The minimum Gasteiger partial charge on any atom is -0.456 e. The van der Waals surface area contributed by atoms with Crippen LogP contribution < -0.4 is 5.32 Å². The number of amides is 1. The number of para-hydroxylation sites is 1. The monoisotopic (exact) mass is 427 g/mol. The summed E-state index contributed by atoms with van der Waals surface area (Å²) in [4.78, 5) is 22.9. The standard InChI is InChI=1S/C21H12F3N3O4/c22-21(23,24)14-4-3-5-15(11-14)26-20(28)13(12-25)10-16-8-9-19(31-16)17-6-1-2-7-18(17)27(29)30/h1-11H,(H,26,28)/b13-10-. The molecule has 3 rings (SSSR count). The van der Waals surface area contributed by atoms with E-state index in [0.717, 1.165) is 24.3 Å². The molecule has 0 fully saturated rings. The number of halogens is 3. The van der Waals surface area contributed by atoms with Gasteiger partial charge in [0, 0.05) is 17.8 Å². The van der Waals surface area contributed by atoms with Crippen molar-refractivity contribution in [1.29, 1.82) is 5.26 Å². The second kappa shape index (κ2) is 8.54. The first-order valence-corrected chi connectivity index (χ1v) is 8.63. The first-order valence-electron chi connectivity index (χ1n) is 8.63. The lowest BCUT2D eigenvalue weighted by Gasteiger charge is -2.09. The van der Waals surface area contributed by atoms with Crippen molar-refractivity contribution in [3.05, 3.63) is 87.7 Å². The molecule has 0 aliphatic carbocycles. The summed E-state index contributed by atoms with van der Waals surface area (Å²) in [6.45, 7) is 0. The Bertz CT molecular complexity index is 1220. The lowest BCUT2D eigenvalue weighted by Crippen LogP contribution is -2.14.